The number of halogens is 1. The van der Waals surface area contributed by atoms with Crippen molar-refractivity contribution in [1.82, 2.24) is 4.90 Å². The third-order valence-corrected chi connectivity index (χ3v) is 5.53. The quantitative estimate of drug-likeness (QED) is 0.876. The molecule has 2 aliphatic rings. The Hall–Kier alpha value is -2.15. The van der Waals surface area contributed by atoms with Crippen molar-refractivity contribution in [2.24, 2.45) is 16.1 Å². The maximum absolute atomic E-state index is 14.7. The molecule has 0 saturated carbocycles. The number of carbonyl (C=O) groups excluding carboxylic acids is 1. The van der Waals surface area contributed by atoms with Crippen LogP contribution in [0.1, 0.15) is 32.8 Å². The lowest BCUT2D eigenvalue weighted by Crippen LogP contribution is -2.58. The maximum Gasteiger partial charge on any atom is 0.237 e. The molecule has 25 heavy (non-hydrogen) atoms. The molecule has 1 amide bonds. The number of nitrogens with one attached hydrogen (secondary N) is 1. The second-order valence-electron chi connectivity index (χ2n) is 7.43. The maximum atomic E-state index is 14.7. The van der Waals surface area contributed by atoms with Crippen molar-refractivity contribution in [2.75, 3.05) is 25.6 Å². The lowest BCUT2D eigenvalue weighted by Gasteiger charge is -2.46. The highest BCUT2D eigenvalue weighted by Gasteiger charge is 2.53. The number of hydrogen-bond acceptors (Lipinski definition) is 5. The van der Waals surface area contributed by atoms with Crippen LogP contribution in [0.15, 0.2) is 23.2 Å². The summed E-state index contributed by atoms with van der Waals surface area (Å²) in [5.41, 5.74) is 5.01. The highest BCUT2D eigenvalue weighted by molar-refractivity contribution is 6.01. The average molecular weight is 348 g/mol. The fraction of sp³-hybridized carbons (Fsp3) is 0.556. The van der Waals surface area contributed by atoms with E-state index in [9.17, 15) is 9.18 Å². The van der Waals surface area contributed by atoms with Gasteiger partial charge < -0.3 is 15.8 Å². The van der Waals surface area contributed by atoms with Crippen molar-refractivity contribution in [3.8, 4) is 0 Å². The van der Waals surface area contributed by atoms with Gasteiger partial charge in [0, 0.05) is 24.9 Å². The molecule has 0 bridgehead atoms. The Kier molecular flexibility index (Phi) is 4.23. The van der Waals surface area contributed by atoms with Crippen molar-refractivity contribution in [2.45, 2.75) is 38.8 Å². The van der Waals surface area contributed by atoms with Gasteiger partial charge in [-0.2, -0.15) is 0 Å². The number of carbonyl (C=O) groups is 1. The molecule has 1 aromatic carbocycles. The van der Waals surface area contributed by atoms with Crippen LogP contribution in [0.4, 0.5) is 10.1 Å². The summed E-state index contributed by atoms with van der Waals surface area (Å²) in [4.78, 5) is 18.6. The first-order chi connectivity index (χ1) is 11.7. The lowest BCUT2D eigenvalue weighted by molar-refractivity contribution is -0.140. The van der Waals surface area contributed by atoms with Crippen LogP contribution in [0.2, 0.25) is 0 Å². The van der Waals surface area contributed by atoms with E-state index in [1.807, 2.05) is 0 Å². The van der Waals surface area contributed by atoms with Crippen LogP contribution in [-0.2, 0) is 15.1 Å². The van der Waals surface area contributed by atoms with Gasteiger partial charge in [0.25, 0.3) is 0 Å². The molecule has 6 nitrogen and oxygen atoms in total. The molecule has 1 fully saturated rings. The molecule has 1 saturated heterocycles. The second kappa shape index (κ2) is 5.98. The van der Waals surface area contributed by atoms with E-state index < -0.39 is 16.8 Å². The van der Waals surface area contributed by atoms with E-state index in [0.717, 1.165) is 18.7 Å². The number of benzene rings is 1. The number of guanidine groups is 1. The van der Waals surface area contributed by atoms with Gasteiger partial charge >= 0.3 is 0 Å². The average Bonchev–Trinajstić information content (AvgIpc) is 3.06. The Balaban J connectivity index is 2.05. The number of aliphatic imine (C=N–C) groups is 1. The van der Waals surface area contributed by atoms with Gasteiger partial charge in [0.1, 0.15) is 11.4 Å². The highest BCUT2D eigenvalue weighted by Crippen LogP contribution is 2.47. The van der Waals surface area contributed by atoms with E-state index in [1.165, 1.54) is 11.0 Å². The molecule has 136 valence electrons. The summed E-state index contributed by atoms with van der Waals surface area (Å²) in [5, 5.41) is 3.36. The SMILES string of the molecule is CN1C(=O)C(C)(C)C(C)(c2cc(NC3CCOC3)ccc2F)N=C1N. The van der Waals surface area contributed by atoms with Gasteiger partial charge in [-0.15, -0.1) is 0 Å². The molecule has 2 aliphatic heterocycles. The summed E-state index contributed by atoms with van der Waals surface area (Å²) >= 11 is 0. The molecule has 7 heteroatoms. The van der Waals surface area contributed by atoms with E-state index >= 15 is 0 Å². The first-order valence-corrected chi connectivity index (χ1v) is 8.44. The highest BCUT2D eigenvalue weighted by atomic mass is 19.1. The molecule has 3 N–H and O–H groups in total. The van der Waals surface area contributed by atoms with Crippen LogP contribution in [-0.4, -0.2) is 43.1 Å². The van der Waals surface area contributed by atoms with Crippen molar-refractivity contribution >= 4 is 17.6 Å². The third-order valence-electron chi connectivity index (χ3n) is 5.53. The standard InChI is InChI=1S/C18H25FN4O2/c1-17(2)15(24)23(4)16(20)22-18(17,3)13-9-11(5-6-14(13)19)21-12-7-8-25-10-12/h5-6,9,12,21H,7-8,10H2,1-4H3,(H2,20,22). The zero-order valence-electron chi connectivity index (χ0n) is 15.1. The van der Waals surface area contributed by atoms with Crippen LogP contribution in [0.5, 0.6) is 0 Å². The van der Waals surface area contributed by atoms with Crippen LogP contribution in [0.3, 0.4) is 0 Å². The minimum Gasteiger partial charge on any atom is -0.380 e. The number of anilines is 1. The van der Waals surface area contributed by atoms with Crippen LogP contribution in [0.25, 0.3) is 0 Å². The van der Waals surface area contributed by atoms with Crippen molar-refractivity contribution < 1.29 is 13.9 Å². The van der Waals surface area contributed by atoms with Crippen molar-refractivity contribution in [3.63, 3.8) is 0 Å². The molecule has 3 rings (SSSR count). The number of nitrogens with zero attached hydrogens (tertiary/aromatic N) is 2. The van der Waals surface area contributed by atoms with Gasteiger partial charge in [0.2, 0.25) is 5.91 Å². The topological polar surface area (TPSA) is 80.0 Å². The Morgan fingerprint density at radius 3 is 2.76 bits per heavy atom. The van der Waals surface area contributed by atoms with Gasteiger partial charge in [-0.25, -0.2) is 9.38 Å². The number of hydrogen-bond donors (Lipinski definition) is 2. The summed E-state index contributed by atoms with van der Waals surface area (Å²) in [5.74, 6) is -0.504. The Morgan fingerprint density at radius 2 is 2.12 bits per heavy atom. The van der Waals surface area contributed by atoms with E-state index in [-0.39, 0.29) is 17.9 Å². The van der Waals surface area contributed by atoms with Crippen molar-refractivity contribution in [1.29, 1.82) is 0 Å². The summed E-state index contributed by atoms with van der Waals surface area (Å²) in [6, 6.07) is 5.03. The molecule has 0 aromatic heterocycles. The first kappa shape index (κ1) is 17.7. The molecule has 2 atom stereocenters. The Labute approximate surface area is 147 Å². The van der Waals surface area contributed by atoms with Crippen LogP contribution < -0.4 is 11.1 Å². The monoisotopic (exact) mass is 348 g/mol. The predicted molar refractivity (Wildman–Crippen MR) is 94.8 cm³/mol. The van der Waals surface area contributed by atoms with E-state index in [0.29, 0.717) is 12.2 Å². The van der Waals surface area contributed by atoms with Gasteiger partial charge in [-0.05, 0) is 45.4 Å². The largest absolute Gasteiger partial charge is 0.380 e. The summed E-state index contributed by atoms with van der Waals surface area (Å²) < 4.78 is 20.1. The molecular weight excluding hydrogens is 323 g/mol. The number of ether oxygens (including phenoxy) is 1. The molecule has 0 spiro atoms. The minimum atomic E-state index is -1.10. The zero-order valence-corrected chi connectivity index (χ0v) is 15.1. The normalized spacial score (nSPS) is 28.8. The molecular formula is C18H25FN4O2. The van der Waals surface area contributed by atoms with E-state index in [4.69, 9.17) is 10.5 Å². The fourth-order valence-electron chi connectivity index (χ4n) is 3.44. The van der Waals surface area contributed by atoms with E-state index in [2.05, 4.69) is 10.3 Å². The lowest BCUT2D eigenvalue weighted by atomic mass is 9.67. The van der Waals surface area contributed by atoms with Gasteiger partial charge in [-0.1, -0.05) is 0 Å². The molecule has 2 heterocycles. The van der Waals surface area contributed by atoms with Gasteiger partial charge in [-0.3, -0.25) is 9.69 Å². The minimum absolute atomic E-state index is 0.0915. The summed E-state index contributed by atoms with van der Waals surface area (Å²) in [6.07, 6.45) is 0.907. The second-order valence-corrected chi connectivity index (χ2v) is 7.43. The van der Waals surface area contributed by atoms with Gasteiger partial charge in [0.15, 0.2) is 5.96 Å². The molecule has 0 radical (unpaired) electrons. The van der Waals surface area contributed by atoms with E-state index in [1.54, 1.807) is 40.0 Å². The third kappa shape index (κ3) is 2.76. The van der Waals surface area contributed by atoms with Crippen LogP contribution in [0, 0.1) is 11.2 Å². The van der Waals surface area contributed by atoms with Crippen LogP contribution >= 0.6 is 0 Å². The smallest absolute Gasteiger partial charge is 0.237 e. The summed E-state index contributed by atoms with van der Waals surface area (Å²) in [7, 11) is 1.58. The fourth-order valence-corrected chi connectivity index (χ4v) is 3.44. The first-order valence-electron chi connectivity index (χ1n) is 8.44. The number of nitrogens with two attached hydrogens (primary N) is 1. The number of amides is 1. The molecule has 0 aliphatic carbocycles. The Bertz CT molecular complexity index is 728. The van der Waals surface area contributed by atoms with Crippen molar-refractivity contribution in [3.05, 3.63) is 29.6 Å². The molecule has 2 unspecified atom stereocenters. The molecule has 1 aromatic rings. The van der Waals surface area contributed by atoms with Gasteiger partial charge in [0.05, 0.1) is 18.1 Å². The Morgan fingerprint density at radius 1 is 1.40 bits per heavy atom. The zero-order chi connectivity index (χ0) is 18.4. The predicted octanol–water partition coefficient (Wildman–Crippen LogP) is 2.05. The number of rotatable bonds is 3. The summed E-state index contributed by atoms with van der Waals surface area (Å²) in [6.45, 7) is 6.64.